The van der Waals surface area contributed by atoms with Crippen LogP contribution in [0.25, 0.3) is 0 Å². The Bertz CT molecular complexity index is 343. The lowest BCUT2D eigenvalue weighted by molar-refractivity contribution is 0.327. The van der Waals surface area contributed by atoms with E-state index >= 15 is 0 Å². The van der Waals surface area contributed by atoms with Crippen LogP contribution in [0.5, 0.6) is 0 Å². The molecule has 1 N–H and O–H groups in total. The minimum Gasteiger partial charge on any atom is -0.365 e. The lowest BCUT2D eigenvalue weighted by Crippen LogP contribution is -2.27. The first kappa shape index (κ1) is 11.6. The molecule has 1 aliphatic rings. The van der Waals surface area contributed by atoms with E-state index in [1.54, 1.807) is 12.4 Å². The van der Waals surface area contributed by atoms with Gasteiger partial charge in [-0.25, -0.2) is 9.97 Å². The van der Waals surface area contributed by atoms with Crippen LogP contribution < -0.4 is 5.32 Å². The average molecular weight is 240 g/mol. The first-order valence-corrected chi connectivity index (χ1v) is 6.40. The van der Waals surface area contributed by atoms with Gasteiger partial charge in [0.2, 0.25) is 0 Å². The summed E-state index contributed by atoms with van der Waals surface area (Å²) in [5.41, 5.74) is 0. The zero-order chi connectivity index (χ0) is 11.4. The molecule has 1 aromatic heterocycles. The van der Waals surface area contributed by atoms with Crippen molar-refractivity contribution >= 4 is 17.4 Å². The van der Waals surface area contributed by atoms with Crippen LogP contribution in [-0.4, -0.2) is 16.0 Å². The zero-order valence-electron chi connectivity index (χ0n) is 9.62. The molecule has 88 valence electrons. The minimum atomic E-state index is 0.473. The Kier molecular flexibility index (Phi) is 3.99. The van der Waals surface area contributed by atoms with Gasteiger partial charge in [0.25, 0.3) is 0 Å². The fraction of sp³-hybridized carbons (Fsp3) is 0.667. The van der Waals surface area contributed by atoms with Gasteiger partial charge in [-0.05, 0) is 18.8 Å². The quantitative estimate of drug-likeness (QED) is 0.877. The third-order valence-electron chi connectivity index (χ3n) is 3.35. The number of hydrogen-bond acceptors (Lipinski definition) is 3. The summed E-state index contributed by atoms with van der Waals surface area (Å²) in [6.45, 7) is 2.27. The predicted molar refractivity (Wildman–Crippen MR) is 66.7 cm³/mol. The highest BCUT2D eigenvalue weighted by Crippen LogP contribution is 2.29. The smallest absolute Gasteiger partial charge is 0.171 e. The normalized spacial score (nSPS) is 25.4. The van der Waals surface area contributed by atoms with Gasteiger partial charge in [-0.15, -0.1) is 0 Å². The van der Waals surface area contributed by atoms with Gasteiger partial charge in [0.05, 0.1) is 0 Å². The molecule has 1 aromatic rings. The molecule has 16 heavy (non-hydrogen) atoms. The molecular formula is C12H18ClN3. The Morgan fingerprint density at radius 3 is 2.94 bits per heavy atom. The van der Waals surface area contributed by atoms with E-state index in [2.05, 4.69) is 22.2 Å². The summed E-state index contributed by atoms with van der Waals surface area (Å²) in [7, 11) is 0. The highest BCUT2D eigenvalue weighted by atomic mass is 35.5. The summed E-state index contributed by atoms with van der Waals surface area (Å²) in [5.74, 6) is 1.58. The SMILES string of the molecule is CCC1CCCC(Nc2nccnc2Cl)C1. The molecule has 1 saturated carbocycles. The van der Waals surface area contributed by atoms with Gasteiger partial charge < -0.3 is 5.32 Å². The van der Waals surface area contributed by atoms with Crippen molar-refractivity contribution in [2.24, 2.45) is 5.92 Å². The van der Waals surface area contributed by atoms with Crippen molar-refractivity contribution in [2.75, 3.05) is 5.32 Å². The van der Waals surface area contributed by atoms with E-state index in [0.717, 1.165) is 11.7 Å². The standard InChI is InChI=1S/C12H18ClN3/c1-2-9-4-3-5-10(8-9)16-12-11(13)14-6-7-15-12/h6-7,9-10H,2-5,8H2,1H3,(H,15,16). The van der Waals surface area contributed by atoms with Crippen molar-refractivity contribution in [2.45, 2.75) is 45.1 Å². The Balaban J connectivity index is 1.97. The van der Waals surface area contributed by atoms with E-state index < -0.39 is 0 Å². The lowest BCUT2D eigenvalue weighted by Gasteiger charge is -2.29. The van der Waals surface area contributed by atoms with Gasteiger partial charge in [0.1, 0.15) is 0 Å². The lowest BCUT2D eigenvalue weighted by atomic mass is 9.84. The average Bonchev–Trinajstić information content (AvgIpc) is 2.32. The maximum absolute atomic E-state index is 5.98. The monoisotopic (exact) mass is 239 g/mol. The van der Waals surface area contributed by atoms with Crippen LogP contribution in [0.4, 0.5) is 5.82 Å². The van der Waals surface area contributed by atoms with E-state index in [4.69, 9.17) is 11.6 Å². The van der Waals surface area contributed by atoms with Crippen LogP contribution in [-0.2, 0) is 0 Å². The van der Waals surface area contributed by atoms with E-state index in [0.29, 0.717) is 11.2 Å². The highest BCUT2D eigenvalue weighted by molar-refractivity contribution is 6.31. The second-order valence-corrected chi connectivity index (χ2v) is 4.84. The topological polar surface area (TPSA) is 37.8 Å². The Hall–Kier alpha value is -0.830. The van der Waals surface area contributed by atoms with Gasteiger partial charge in [-0.2, -0.15) is 0 Å². The molecule has 2 rings (SSSR count). The van der Waals surface area contributed by atoms with Gasteiger partial charge >= 0.3 is 0 Å². The number of rotatable bonds is 3. The molecule has 0 bridgehead atoms. The molecule has 0 spiro atoms. The van der Waals surface area contributed by atoms with E-state index in [9.17, 15) is 0 Å². The molecule has 0 amide bonds. The minimum absolute atomic E-state index is 0.473. The Labute approximate surface area is 102 Å². The molecule has 0 radical (unpaired) electrons. The Morgan fingerprint density at radius 1 is 1.38 bits per heavy atom. The molecule has 2 unspecified atom stereocenters. The van der Waals surface area contributed by atoms with Crippen molar-refractivity contribution in [3.8, 4) is 0 Å². The van der Waals surface area contributed by atoms with E-state index in [1.807, 2.05) is 0 Å². The second kappa shape index (κ2) is 5.48. The Morgan fingerprint density at radius 2 is 2.19 bits per heavy atom. The summed E-state index contributed by atoms with van der Waals surface area (Å²) >= 11 is 5.98. The molecule has 1 heterocycles. The number of aromatic nitrogens is 2. The summed E-state index contributed by atoms with van der Waals surface area (Å²) in [5, 5.41) is 3.88. The van der Waals surface area contributed by atoms with Crippen LogP contribution in [0.1, 0.15) is 39.0 Å². The van der Waals surface area contributed by atoms with Crippen molar-refractivity contribution in [1.29, 1.82) is 0 Å². The fourth-order valence-electron chi connectivity index (χ4n) is 2.40. The molecule has 0 aliphatic heterocycles. The fourth-order valence-corrected chi connectivity index (χ4v) is 2.56. The third kappa shape index (κ3) is 2.85. The van der Waals surface area contributed by atoms with Crippen molar-refractivity contribution in [3.05, 3.63) is 17.5 Å². The predicted octanol–water partition coefficient (Wildman–Crippen LogP) is 3.51. The van der Waals surface area contributed by atoms with Crippen molar-refractivity contribution in [3.63, 3.8) is 0 Å². The van der Waals surface area contributed by atoms with Crippen LogP contribution in [0.15, 0.2) is 12.4 Å². The van der Waals surface area contributed by atoms with Crippen LogP contribution in [0.3, 0.4) is 0 Å². The van der Waals surface area contributed by atoms with Crippen LogP contribution >= 0.6 is 11.6 Å². The van der Waals surface area contributed by atoms with Crippen molar-refractivity contribution < 1.29 is 0 Å². The van der Waals surface area contributed by atoms with E-state index in [1.165, 1.54) is 32.1 Å². The van der Waals surface area contributed by atoms with Crippen molar-refractivity contribution in [1.82, 2.24) is 9.97 Å². The first-order chi connectivity index (χ1) is 7.79. The molecule has 1 aliphatic carbocycles. The third-order valence-corrected chi connectivity index (χ3v) is 3.63. The summed E-state index contributed by atoms with van der Waals surface area (Å²) in [4.78, 5) is 8.24. The summed E-state index contributed by atoms with van der Waals surface area (Å²) in [6.07, 6.45) is 9.66. The molecule has 0 saturated heterocycles. The number of anilines is 1. The first-order valence-electron chi connectivity index (χ1n) is 6.02. The van der Waals surface area contributed by atoms with Gasteiger partial charge in [-0.1, -0.05) is 37.8 Å². The summed E-state index contributed by atoms with van der Waals surface area (Å²) in [6, 6.07) is 0.507. The molecule has 3 nitrogen and oxygen atoms in total. The molecule has 2 atom stereocenters. The molecule has 4 heteroatoms. The zero-order valence-corrected chi connectivity index (χ0v) is 10.4. The number of nitrogens with one attached hydrogen (secondary N) is 1. The van der Waals surface area contributed by atoms with E-state index in [-0.39, 0.29) is 0 Å². The largest absolute Gasteiger partial charge is 0.365 e. The van der Waals surface area contributed by atoms with Crippen LogP contribution in [0.2, 0.25) is 5.15 Å². The maximum atomic E-state index is 5.98. The molecular weight excluding hydrogens is 222 g/mol. The number of hydrogen-bond donors (Lipinski definition) is 1. The van der Waals surface area contributed by atoms with Crippen LogP contribution in [0, 0.1) is 5.92 Å². The second-order valence-electron chi connectivity index (χ2n) is 4.48. The van der Waals surface area contributed by atoms with Gasteiger partial charge in [0, 0.05) is 18.4 Å². The maximum Gasteiger partial charge on any atom is 0.171 e. The number of nitrogens with zero attached hydrogens (tertiary/aromatic N) is 2. The highest BCUT2D eigenvalue weighted by Gasteiger charge is 2.21. The van der Waals surface area contributed by atoms with Gasteiger partial charge in [-0.3, -0.25) is 0 Å². The van der Waals surface area contributed by atoms with Gasteiger partial charge in [0.15, 0.2) is 11.0 Å². The number of halogens is 1. The summed E-state index contributed by atoms with van der Waals surface area (Å²) < 4.78 is 0. The molecule has 0 aromatic carbocycles. The molecule has 1 fully saturated rings.